The van der Waals surface area contributed by atoms with Crippen LogP contribution in [-0.4, -0.2) is 11.8 Å². The second kappa shape index (κ2) is 7.61. The number of aryl methyl sites for hydroxylation is 1. The van der Waals surface area contributed by atoms with Crippen molar-refractivity contribution in [1.82, 2.24) is 0 Å². The molecule has 0 bridgehead atoms. The lowest BCUT2D eigenvalue weighted by Crippen LogP contribution is -2.22. The van der Waals surface area contributed by atoms with Gasteiger partial charge < -0.3 is 14.6 Å². The van der Waals surface area contributed by atoms with Gasteiger partial charge in [-0.3, -0.25) is 9.59 Å². The van der Waals surface area contributed by atoms with Crippen LogP contribution in [0.3, 0.4) is 0 Å². The minimum absolute atomic E-state index is 0.0191. The van der Waals surface area contributed by atoms with Crippen LogP contribution >= 0.6 is 0 Å². The van der Waals surface area contributed by atoms with Crippen molar-refractivity contribution >= 4 is 23.2 Å². The number of furan rings is 1. The minimum Gasteiger partial charge on any atom is -0.472 e. The molecule has 1 N–H and O–H groups in total. The Balaban J connectivity index is 1.44. The summed E-state index contributed by atoms with van der Waals surface area (Å²) in [7, 11) is 0. The normalized spacial score (nSPS) is 12.7. The summed E-state index contributed by atoms with van der Waals surface area (Å²) in [6.07, 6.45) is 2.89. The zero-order valence-electron chi connectivity index (χ0n) is 17.0. The largest absolute Gasteiger partial charge is 0.472 e. The molecule has 5 heteroatoms. The van der Waals surface area contributed by atoms with Crippen molar-refractivity contribution in [3.63, 3.8) is 0 Å². The minimum atomic E-state index is -0.221. The number of hydrogen-bond donors (Lipinski definition) is 1. The summed E-state index contributed by atoms with van der Waals surface area (Å²) >= 11 is 0. The highest BCUT2D eigenvalue weighted by atomic mass is 16.3. The van der Waals surface area contributed by atoms with E-state index in [0.29, 0.717) is 17.8 Å². The topological polar surface area (TPSA) is 62.6 Å². The van der Waals surface area contributed by atoms with Crippen molar-refractivity contribution in [3.05, 3.63) is 108 Å². The predicted octanol–water partition coefficient (Wildman–Crippen LogP) is 5.67. The summed E-state index contributed by atoms with van der Waals surface area (Å²) in [4.78, 5) is 27.0. The molecule has 5 rings (SSSR count). The molecule has 4 aromatic rings. The van der Waals surface area contributed by atoms with Gasteiger partial charge in [-0.25, -0.2) is 0 Å². The highest BCUT2D eigenvalue weighted by molar-refractivity contribution is 6.10. The molecule has 2 amide bonds. The Morgan fingerprint density at radius 3 is 2.58 bits per heavy atom. The number of amides is 2. The lowest BCUT2D eigenvalue weighted by atomic mass is 9.96. The molecular formula is C26H20N2O3. The summed E-state index contributed by atoms with van der Waals surface area (Å²) in [6, 6.07) is 23.1. The van der Waals surface area contributed by atoms with Crippen molar-refractivity contribution in [1.29, 1.82) is 0 Å². The van der Waals surface area contributed by atoms with Gasteiger partial charge in [0.2, 0.25) is 0 Å². The molecule has 1 aliphatic rings. The Kier molecular flexibility index (Phi) is 4.64. The van der Waals surface area contributed by atoms with E-state index >= 15 is 0 Å². The third-order valence-electron chi connectivity index (χ3n) is 5.57. The zero-order chi connectivity index (χ0) is 21.4. The van der Waals surface area contributed by atoms with Crippen molar-refractivity contribution in [2.24, 2.45) is 0 Å². The van der Waals surface area contributed by atoms with Gasteiger partial charge in [-0.15, -0.1) is 0 Å². The van der Waals surface area contributed by atoms with Gasteiger partial charge in [-0.05, 0) is 71.6 Å². The quantitative estimate of drug-likeness (QED) is 0.473. The number of hydrogen-bond acceptors (Lipinski definition) is 3. The highest BCUT2D eigenvalue weighted by Crippen LogP contribution is 2.33. The molecule has 1 aromatic heterocycles. The van der Waals surface area contributed by atoms with E-state index in [1.807, 2.05) is 67.6 Å². The lowest BCUT2D eigenvalue weighted by molar-refractivity contribution is 0.0994. The monoisotopic (exact) mass is 408 g/mol. The number of fused-ring (bicyclic) bond motifs is 1. The fraction of sp³-hybridized carbons (Fsp3) is 0.0769. The Bertz CT molecular complexity index is 1280. The number of nitrogens with zero attached hydrogens (tertiary/aromatic N) is 1. The summed E-state index contributed by atoms with van der Waals surface area (Å²) < 4.78 is 4.99. The molecule has 0 fully saturated rings. The van der Waals surface area contributed by atoms with Crippen LogP contribution in [0, 0.1) is 6.92 Å². The SMILES string of the molecule is Cc1ccc(NC(=O)c2ccoc2)cc1-c1ccc2c(c1)CN(c1ccccc1)C2=O. The highest BCUT2D eigenvalue weighted by Gasteiger charge is 2.28. The van der Waals surface area contributed by atoms with Crippen LogP contribution in [-0.2, 0) is 6.54 Å². The standard InChI is InChI=1S/C26H20N2O3/c1-17-7-9-21(27-25(29)19-11-12-31-16-19)14-24(17)18-8-10-23-20(13-18)15-28(26(23)30)22-5-3-2-4-6-22/h2-14,16H,15H2,1H3,(H,27,29). The molecule has 0 atom stereocenters. The van der Waals surface area contributed by atoms with Gasteiger partial charge in [0.1, 0.15) is 6.26 Å². The number of rotatable bonds is 4. The number of benzene rings is 3. The van der Waals surface area contributed by atoms with Gasteiger partial charge in [0, 0.05) is 16.9 Å². The molecular weight excluding hydrogens is 388 g/mol. The second-order valence-corrected chi connectivity index (χ2v) is 7.59. The maximum Gasteiger partial charge on any atom is 0.258 e. The van der Waals surface area contributed by atoms with E-state index in [0.717, 1.165) is 33.5 Å². The Hall–Kier alpha value is -4.12. The van der Waals surface area contributed by atoms with Gasteiger partial charge in [0.15, 0.2) is 0 Å². The maximum atomic E-state index is 12.9. The van der Waals surface area contributed by atoms with Crippen molar-refractivity contribution in [2.75, 3.05) is 10.2 Å². The van der Waals surface area contributed by atoms with Crippen LogP contribution in [0.5, 0.6) is 0 Å². The second-order valence-electron chi connectivity index (χ2n) is 7.59. The molecule has 1 aliphatic heterocycles. The molecule has 0 radical (unpaired) electrons. The van der Waals surface area contributed by atoms with E-state index < -0.39 is 0 Å². The van der Waals surface area contributed by atoms with Crippen LogP contribution in [0.4, 0.5) is 11.4 Å². The summed E-state index contributed by atoms with van der Waals surface area (Å²) in [5.41, 5.74) is 6.91. The Labute approximate surface area is 179 Å². The van der Waals surface area contributed by atoms with Gasteiger partial charge in [-0.1, -0.05) is 30.3 Å². The van der Waals surface area contributed by atoms with Gasteiger partial charge >= 0.3 is 0 Å². The lowest BCUT2D eigenvalue weighted by Gasteiger charge is -2.15. The number of para-hydroxylation sites is 1. The van der Waals surface area contributed by atoms with E-state index in [1.54, 1.807) is 11.0 Å². The van der Waals surface area contributed by atoms with E-state index in [4.69, 9.17) is 4.42 Å². The summed E-state index contributed by atoms with van der Waals surface area (Å²) in [5.74, 6) is -0.202. The molecule has 0 aliphatic carbocycles. The molecule has 0 saturated carbocycles. The number of carbonyl (C=O) groups excluding carboxylic acids is 2. The molecule has 0 unspecified atom stereocenters. The van der Waals surface area contributed by atoms with Crippen LogP contribution in [0.15, 0.2) is 89.7 Å². The first kappa shape index (κ1) is 18.9. The zero-order valence-corrected chi connectivity index (χ0v) is 17.0. The van der Waals surface area contributed by atoms with Crippen LogP contribution in [0.1, 0.15) is 31.8 Å². The third kappa shape index (κ3) is 3.51. The van der Waals surface area contributed by atoms with Crippen LogP contribution in [0.2, 0.25) is 0 Å². The van der Waals surface area contributed by atoms with Crippen LogP contribution in [0.25, 0.3) is 11.1 Å². The van der Waals surface area contributed by atoms with Crippen molar-refractivity contribution in [3.8, 4) is 11.1 Å². The fourth-order valence-corrected chi connectivity index (χ4v) is 3.91. The average Bonchev–Trinajstić information content (AvgIpc) is 3.44. The Morgan fingerprint density at radius 2 is 1.81 bits per heavy atom. The van der Waals surface area contributed by atoms with Gasteiger partial charge in [-0.2, -0.15) is 0 Å². The summed E-state index contributed by atoms with van der Waals surface area (Å²) in [6.45, 7) is 2.58. The van der Waals surface area contributed by atoms with Crippen molar-refractivity contribution < 1.29 is 14.0 Å². The first-order chi connectivity index (χ1) is 15.1. The third-order valence-corrected chi connectivity index (χ3v) is 5.57. The number of carbonyl (C=O) groups is 2. The molecule has 152 valence electrons. The van der Waals surface area contributed by atoms with Crippen molar-refractivity contribution in [2.45, 2.75) is 13.5 Å². The number of anilines is 2. The average molecular weight is 408 g/mol. The van der Waals surface area contributed by atoms with Gasteiger partial charge in [0.25, 0.3) is 11.8 Å². The van der Waals surface area contributed by atoms with Crippen LogP contribution < -0.4 is 10.2 Å². The molecule has 5 nitrogen and oxygen atoms in total. The smallest absolute Gasteiger partial charge is 0.258 e. The van der Waals surface area contributed by atoms with E-state index in [-0.39, 0.29) is 11.8 Å². The molecule has 0 saturated heterocycles. The van der Waals surface area contributed by atoms with Gasteiger partial charge in [0.05, 0.1) is 18.4 Å². The number of nitrogens with one attached hydrogen (secondary N) is 1. The van der Waals surface area contributed by atoms with E-state index in [1.165, 1.54) is 12.5 Å². The van der Waals surface area contributed by atoms with E-state index in [2.05, 4.69) is 11.4 Å². The van der Waals surface area contributed by atoms with E-state index in [9.17, 15) is 9.59 Å². The predicted molar refractivity (Wildman–Crippen MR) is 120 cm³/mol. The fourth-order valence-electron chi connectivity index (χ4n) is 3.91. The molecule has 0 spiro atoms. The molecule has 2 heterocycles. The Morgan fingerprint density at radius 1 is 0.968 bits per heavy atom. The molecule has 31 heavy (non-hydrogen) atoms. The molecule has 3 aromatic carbocycles. The summed E-state index contributed by atoms with van der Waals surface area (Å²) in [5, 5.41) is 2.91. The first-order valence-corrected chi connectivity index (χ1v) is 10.0. The first-order valence-electron chi connectivity index (χ1n) is 10.0. The maximum absolute atomic E-state index is 12.9.